The molecule has 0 fully saturated rings. The smallest absolute Gasteiger partial charge is 0.240 e. The number of hydrogen-bond acceptors (Lipinski definition) is 2. The molecule has 1 rings (SSSR count). The van der Waals surface area contributed by atoms with Gasteiger partial charge in [0.25, 0.3) is 0 Å². The number of benzene rings is 1. The summed E-state index contributed by atoms with van der Waals surface area (Å²) < 4.78 is 0. The van der Waals surface area contributed by atoms with Gasteiger partial charge in [-0.15, -0.1) is 0 Å². The Morgan fingerprint density at radius 1 is 1.21 bits per heavy atom. The average molecular weight is 283 g/mol. The predicted octanol–water partition coefficient (Wildman–Crippen LogP) is 3.06. The zero-order valence-corrected chi connectivity index (χ0v) is 12.8. The minimum absolute atomic E-state index is 0.0000463. The van der Waals surface area contributed by atoms with Crippen molar-refractivity contribution in [3.63, 3.8) is 0 Å². The third-order valence-electron chi connectivity index (χ3n) is 3.18. The largest absolute Gasteiger partial charge is 0.335 e. The standard InChI is InChI=1S/C15H23ClN2O/c1-10(2)14(17)15(19)18(11(3)4)9-12-5-7-13(16)8-6-12/h5-8,10-11,14H,9,17H2,1-4H3. The molecule has 1 unspecified atom stereocenters. The van der Waals surface area contributed by atoms with Gasteiger partial charge in [0.2, 0.25) is 5.91 Å². The molecule has 0 aromatic heterocycles. The Hall–Kier alpha value is -1.06. The highest BCUT2D eigenvalue weighted by molar-refractivity contribution is 6.30. The fourth-order valence-corrected chi connectivity index (χ4v) is 1.90. The van der Waals surface area contributed by atoms with Crippen LogP contribution < -0.4 is 5.73 Å². The van der Waals surface area contributed by atoms with Crippen LogP contribution in [-0.2, 0) is 11.3 Å². The molecule has 2 N–H and O–H groups in total. The minimum Gasteiger partial charge on any atom is -0.335 e. The number of nitrogens with zero attached hydrogens (tertiary/aromatic N) is 1. The second kappa shape index (κ2) is 6.92. The van der Waals surface area contributed by atoms with E-state index in [1.54, 1.807) is 0 Å². The van der Waals surface area contributed by atoms with E-state index in [0.29, 0.717) is 11.6 Å². The summed E-state index contributed by atoms with van der Waals surface area (Å²) in [5.74, 6) is 0.138. The zero-order valence-electron chi connectivity index (χ0n) is 12.1. The molecule has 1 atom stereocenters. The molecule has 19 heavy (non-hydrogen) atoms. The number of carbonyl (C=O) groups excluding carboxylic acids is 1. The summed E-state index contributed by atoms with van der Waals surface area (Å²) in [5, 5.41) is 0.699. The molecule has 0 aliphatic rings. The van der Waals surface area contributed by atoms with Gasteiger partial charge < -0.3 is 10.6 Å². The van der Waals surface area contributed by atoms with E-state index >= 15 is 0 Å². The highest BCUT2D eigenvalue weighted by Crippen LogP contribution is 2.15. The van der Waals surface area contributed by atoms with Crippen molar-refractivity contribution in [1.82, 2.24) is 4.90 Å². The zero-order chi connectivity index (χ0) is 14.6. The molecule has 4 heteroatoms. The van der Waals surface area contributed by atoms with Crippen LogP contribution in [0, 0.1) is 5.92 Å². The Labute approximate surface area is 120 Å². The van der Waals surface area contributed by atoms with Gasteiger partial charge in [-0.05, 0) is 37.5 Å². The number of halogens is 1. The SMILES string of the molecule is CC(C)C(N)C(=O)N(Cc1ccc(Cl)cc1)C(C)C. The monoisotopic (exact) mass is 282 g/mol. The van der Waals surface area contributed by atoms with Crippen molar-refractivity contribution < 1.29 is 4.79 Å². The topological polar surface area (TPSA) is 46.3 Å². The van der Waals surface area contributed by atoms with Gasteiger partial charge in [0.1, 0.15) is 0 Å². The van der Waals surface area contributed by atoms with Crippen molar-refractivity contribution >= 4 is 17.5 Å². The van der Waals surface area contributed by atoms with Crippen LogP contribution in [0.1, 0.15) is 33.3 Å². The first-order chi connectivity index (χ1) is 8.82. The quantitative estimate of drug-likeness (QED) is 0.902. The van der Waals surface area contributed by atoms with Crippen LogP contribution in [0.3, 0.4) is 0 Å². The molecule has 0 aliphatic carbocycles. The van der Waals surface area contributed by atoms with Crippen molar-refractivity contribution in [1.29, 1.82) is 0 Å². The van der Waals surface area contributed by atoms with Crippen LogP contribution >= 0.6 is 11.6 Å². The summed E-state index contributed by atoms with van der Waals surface area (Å²) in [5.41, 5.74) is 7.02. The van der Waals surface area contributed by atoms with Crippen LogP contribution in [0.15, 0.2) is 24.3 Å². The Kier molecular flexibility index (Phi) is 5.83. The highest BCUT2D eigenvalue weighted by Gasteiger charge is 2.25. The number of amides is 1. The van der Waals surface area contributed by atoms with Crippen molar-refractivity contribution in [3.8, 4) is 0 Å². The normalized spacial score (nSPS) is 12.8. The van der Waals surface area contributed by atoms with Crippen LogP contribution in [0.25, 0.3) is 0 Å². The highest BCUT2D eigenvalue weighted by atomic mass is 35.5. The summed E-state index contributed by atoms with van der Waals surface area (Å²) in [7, 11) is 0. The molecule has 0 saturated heterocycles. The maximum atomic E-state index is 12.4. The summed E-state index contributed by atoms with van der Waals surface area (Å²) in [4.78, 5) is 14.2. The van der Waals surface area contributed by atoms with Gasteiger partial charge in [0, 0.05) is 17.6 Å². The van der Waals surface area contributed by atoms with E-state index in [4.69, 9.17) is 17.3 Å². The maximum absolute atomic E-state index is 12.4. The molecule has 3 nitrogen and oxygen atoms in total. The molecule has 0 bridgehead atoms. The second-order valence-corrected chi connectivity index (χ2v) is 5.89. The van der Waals surface area contributed by atoms with E-state index in [1.807, 2.05) is 56.9 Å². The number of nitrogens with two attached hydrogens (primary N) is 1. The molecular weight excluding hydrogens is 260 g/mol. The second-order valence-electron chi connectivity index (χ2n) is 5.46. The van der Waals surface area contributed by atoms with E-state index in [2.05, 4.69) is 0 Å². The van der Waals surface area contributed by atoms with Crippen molar-refractivity contribution in [2.45, 2.75) is 46.3 Å². The lowest BCUT2D eigenvalue weighted by molar-refractivity contribution is -0.136. The first kappa shape index (κ1) is 16.0. The van der Waals surface area contributed by atoms with Gasteiger partial charge >= 0.3 is 0 Å². The molecule has 1 aromatic rings. The maximum Gasteiger partial charge on any atom is 0.240 e. The van der Waals surface area contributed by atoms with Gasteiger partial charge in [-0.2, -0.15) is 0 Å². The number of rotatable bonds is 5. The van der Waals surface area contributed by atoms with Gasteiger partial charge in [-0.25, -0.2) is 0 Å². The number of hydrogen-bond donors (Lipinski definition) is 1. The molecule has 0 saturated carbocycles. The Balaban J connectivity index is 2.84. The van der Waals surface area contributed by atoms with Crippen LogP contribution in [-0.4, -0.2) is 22.9 Å². The fourth-order valence-electron chi connectivity index (χ4n) is 1.78. The molecule has 0 aliphatic heterocycles. The minimum atomic E-state index is -0.449. The summed E-state index contributed by atoms with van der Waals surface area (Å²) in [6.45, 7) is 8.49. The molecule has 0 radical (unpaired) electrons. The first-order valence-electron chi connectivity index (χ1n) is 6.63. The van der Waals surface area contributed by atoms with Crippen LogP contribution in [0.4, 0.5) is 0 Å². The number of carbonyl (C=O) groups is 1. The van der Waals surface area contributed by atoms with E-state index in [1.165, 1.54) is 0 Å². The summed E-state index contributed by atoms with van der Waals surface area (Å²) in [6.07, 6.45) is 0. The summed E-state index contributed by atoms with van der Waals surface area (Å²) >= 11 is 5.86. The Morgan fingerprint density at radius 3 is 2.16 bits per heavy atom. The lowest BCUT2D eigenvalue weighted by atomic mass is 10.0. The lowest BCUT2D eigenvalue weighted by Crippen LogP contribution is -2.48. The third-order valence-corrected chi connectivity index (χ3v) is 3.43. The molecule has 1 aromatic carbocycles. The van der Waals surface area contributed by atoms with Crippen molar-refractivity contribution in [2.24, 2.45) is 11.7 Å². The van der Waals surface area contributed by atoms with Gasteiger partial charge in [-0.3, -0.25) is 4.79 Å². The van der Waals surface area contributed by atoms with Crippen LogP contribution in [0.2, 0.25) is 5.02 Å². The Morgan fingerprint density at radius 2 is 1.74 bits per heavy atom. The average Bonchev–Trinajstić information content (AvgIpc) is 2.35. The molecular formula is C15H23ClN2O. The fraction of sp³-hybridized carbons (Fsp3) is 0.533. The van der Waals surface area contributed by atoms with E-state index in [-0.39, 0.29) is 17.9 Å². The van der Waals surface area contributed by atoms with E-state index in [0.717, 1.165) is 5.56 Å². The Bertz CT molecular complexity index is 415. The predicted molar refractivity (Wildman–Crippen MR) is 80.0 cm³/mol. The molecule has 106 valence electrons. The van der Waals surface area contributed by atoms with E-state index in [9.17, 15) is 4.79 Å². The van der Waals surface area contributed by atoms with Crippen LogP contribution in [0.5, 0.6) is 0 Å². The molecule has 1 amide bonds. The third kappa shape index (κ3) is 4.51. The van der Waals surface area contributed by atoms with Gasteiger partial charge in [0.05, 0.1) is 6.04 Å². The molecule has 0 heterocycles. The van der Waals surface area contributed by atoms with Crippen molar-refractivity contribution in [3.05, 3.63) is 34.9 Å². The first-order valence-corrected chi connectivity index (χ1v) is 7.01. The lowest BCUT2D eigenvalue weighted by Gasteiger charge is -2.30. The van der Waals surface area contributed by atoms with Gasteiger partial charge in [-0.1, -0.05) is 37.6 Å². The molecule has 0 spiro atoms. The van der Waals surface area contributed by atoms with E-state index < -0.39 is 6.04 Å². The van der Waals surface area contributed by atoms with Gasteiger partial charge in [0.15, 0.2) is 0 Å². The summed E-state index contributed by atoms with van der Waals surface area (Å²) in [6, 6.07) is 7.21. The van der Waals surface area contributed by atoms with Crippen molar-refractivity contribution in [2.75, 3.05) is 0 Å².